The highest BCUT2D eigenvalue weighted by molar-refractivity contribution is 5.55. The number of hydrogen-bond acceptors (Lipinski definition) is 4. The van der Waals surface area contributed by atoms with Crippen molar-refractivity contribution in [1.82, 2.24) is 9.97 Å². The van der Waals surface area contributed by atoms with E-state index in [0.717, 1.165) is 12.1 Å². The molecule has 0 saturated heterocycles. The van der Waals surface area contributed by atoms with Gasteiger partial charge in [0.1, 0.15) is 11.6 Å². The number of halogens is 2. The van der Waals surface area contributed by atoms with Gasteiger partial charge in [0.25, 0.3) is 0 Å². The number of pyridine rings is 2. The molecule has 0 aliphatic heterocycles. The van der Waals surface area contributed by atoms with E-state index in [1.54, 1.807) is 0 Å². The van der Waals surface area contributed by atoms with Gasteiger partial charge in [-0.15, -0.1) is 0 Å². The molecule has 0 spiro atoms. The molecule has 20 heavy (non-hydrogen) atoms. The third-order valence-corrected chi connectivity index (χ3v) is 2.24. The normalized spacial score (nSPS) is 9.10. The summed E-state index contributed by atoms with van der Waals surface area (Å²) in [5.41, 5.74) is 11.7. The molecule has 0 amide bonds. The number of anilines is 2. The fourth-order valence-corrected chi connectivity index (χ4v) is 1.31. The molecule has 0 radical (unpaired) electrons. The van der Waals surface area contributed by atoms with Gasteiger partial charge in [-0.2, -0.15) is 8.78 Å². The first-order valence-corrected chi connectivity index (χ1v) is 5.42. The summed E-state index contributed by atoms with van der Waals surface area (Å²) >= 11 is 0. The third-order valence-electron chi connectivity index (χ3n) is 2.24. The second-order valence-corrected chi connectivity index (χ2v) is 3.63. The van der Waals surface area contributed by atoms with Crippen LogP contribution in [0.3, 0.4) is 0 Å². The summed E-state index contributed by atoms with van der Waals surface area (Å²) in [6.07, 6.45) is 0. The summed E-state index contributed by atoms with van der Waals surface area (Å²) in [6, 6.07) is 5.10. The fraction of sp³-hybridized carbons (Fsp3) is 0. The van der Waals surface area contributed by atoms with Crippen LogP contribution in [0.25, 0.3) is 0 Å². The summed E-state index contributed by atoms with van der Waals surface area (Å²) < 4.78 is 25.4. The van der Waals surface area contributed by atoms with E-state index in [-0.39, 0.29) is 11.6 Å². The van der Waals surface area contributed by atoms with Crippen molar-refractivity contribution in [1.29, 1.82) is 0 Å². The summed E-state index contributed by atoms with van der Waals surface area (Å²) in [5.74, 6) is 8.92. The standard InChI is InChI=1S/C14H8F2N4/c15-11-7-5-9(13(17)19-11)3-1-2-4-10-6-8-12(16)20-14(10)18/h5-8H,(H2,17,19)(H2,18,20). The van der Waals surface area contributed by atoms with Crippen molar-refractivity contribution in [2.45, 2.75) is 0 Å². The lowest BCUT2D eigenvalue weighted by Crippen LogP contribution is -1.96. The molecule has 2 heterocycles. The van der Waals surface area contributed by atoms with Crippen LogP contribution in [0, 0.1) is 35.6 Å². The highest BCUT2D eigenvalue weighted by atomic mass is 19.1. The lowest BCUT2D eigenvalue weighted by atomic mass is 10.2. The van der Waals surface area contributed by atoms with Gasteiger partial charge in [0.15, 0.2) is 0 Å². The highest BCUT2D eigenvalue weighted by Crippen LogP contribution is 2.08. The minimum absolute atomic E-state index is 0.0118. The number of rotatable bonds is 0. The maximum absolute atomic E-state index is 12.7. The molecule has 0 saturated carbocycles. The average molecular weight is 270 g/mol. The van der Waals surface area contributed by atoms with E-state index in [0.29, 0.717) is 11.1 Å². The van der Waals surface area contributed by atoms with Gasteiger partial charge in [-0.3, -0.25) is 0 Å². The molecule has 2 rings (SSSR count). The smallest absolute Gasteiger partial charge is 0.214 e. The maximum Gasteiger partial charge on any atom is 0.214 e. The fourth-order valence-electron chi connectivity index (χ4n) is 1.31. The molecule has 0 fully saturated rings. The monoisotopic (exact) mass is 270 g/mol. The van der Waals surface area contributed by atoms with Gasteiger partial charge < -0.3 is 11.5 Å². The van der Waals surface area contributed by atoms with E-state index >= 15 is 0 Å². The molecule has 4 nitrogen and oxygen atoms in total. The van der Waals surface area contributed by atoms with E-state index in [1.165, 1.54) is 12.1 Å². The zero-order valence-electron chi connectivity index (χ0n) is 10.1. The Balaban J connectivity index is 2.21. The predicted octanol–water partition coefficient (Wildman–Crippen LogP) is 1.32. The second kappa shape index (κ2) is 5.68. The number of nitrogens with zero attached hydrogens (tertiary/aromatic N) is 2. The zero-order chi connectivity index (χ0) is 14.5. The van der Waals surface area contributed by atoms with E-state index in [1.807, 2.05) is 0 Å². The predicted molar refractivity (Wildman–Crippen MR) is 71.0 cm³/mol. The number of nitrogen functional groups attached to an aromatic ring is 2. The van der Waals surface area contributed by atoms with Crippen LogP contribution < -0.4 is 11.5 Å². The van der Waals surface area contributed by atoms with E-state index in [9.17, 15) is 8.78 Å². The number of nitrogens with two attached hydrogens (primary N) is 2. The van der Waals surface area contributed by atoms with Crippen molar-refractivity contribution in [2.24, 2.45) is 0 Å². The topological polar surface area (TPSA) is 77.8 Å². The molecule has 0 bridgehead atoms. The van der Waals surface area contributed by atoms with Gasteiger partial charge in [0, 0.05) is 0 Å². The van der Waals surface area contributed by atoms with Gasteiger partial charge >= 0.3 is 0 Å². The van der Waals surface area contributed by atoms with E-state index in [2.05, 4.69) is 33.6 Å². The molecule has 98 valence electrons. The molecule has 0 aliphatic carbocycles. The maximum atomic E-state index is 12.7. The van der Waals surface area contributed by atoms with Crippen molar-refractivity contribution in [3.8, 4) is 23.7 Å². The van der Waals surface area contributed by atoms with Gasteiger partial charge in [0.2, 0.25) is 11.9 Å². The van der Waals surface area contributed by atoms with Gasteiger partial charge in [-0.25, -0.2) is 9.97 Å². The SMILES string of the molecule is Nc1nc(F)ccc1C#CC#Cc1ccc(F)nc1N. The molecule has 2 aromatic heterocycles. The first-order valence-electron chi connectivity index (χ1n) is 5.42. The molecule has 4 N–H and O–H groups in total. The number of hydrogen-bond donors (Lipinski definition) is 2. The molecule has 0 aliphatic rings. The molecule has 0 atom stereocenters. The lowest BCUT2D eigenvalue weighted by molar-refractivity contribution is 0.585. The van der Waals surface area contributed by atoms with Crippen LogP contribution in [0.5, 0.6) is 0 Å². The Labute approximate surface area is 113 Å². The Kier molecular flexibility index (Phi) is 3.78. The highest BCUT2D eigenvalue weighted by Gasteiger charge is 1.99. The Morgan fingerprint density at radius 3 is 1.50 bits per heavy atom. The van der Waals surface area contributed by atoms with Crippen LogP contribution >= 0.6 is 0 Å². The van der Waals surface area contributed by atoms with Crippen molar-refractivity contribution in [3.63, 3.8) is 0 Å². The molecule has 6 heteroatoms. The first-order chi connectivity index (χ1) is 9.56. The average Bonchev–Trinajstić information content (AvgIpc) is 2.39. The van der Waals surface area contributed by atoms with Crippen LogP contribution in [-0.2, 0) is 0 Å². The van der Waals surface area contributed by atoms with Gasteiger partial charge in [-0.05, 0) is 47.9 Å². The lowest BCUT2D eigenvalue weighted by Gasteiger charge is -1.95. The minimum atomic E-state index is -0.677. The summed E-state index contributed by atoms with van der Waals surface area (Å²) in [5, 5.41) is 0. The first kappa shape index (κ1) is 13.3. The summed E-state index contributed by atoms with van der Waals surface area (Å²) in [6.45, 7) is 0. The van der Waals surface area contributed by atoms with Crippen molar-refractivity contribution in [2.75, 3.05) is 11.5 Å². The quantitative estimate of drug-likeness (QED) is 0.559. The Morgan fingerprint density at radius 2 is 1.15 bits per heavy atom. The number of aromatic nitrogens is 2. The molecule has 2 aromatic rings. The van der Waals surface area contributed by atoms with Gasteiger partial charge in [0.05, 0.1) is 11.1 Å². The van der Waals surface area contributed by atoms with E-state index in [4.69, 9.17) is 11.5 Å². The third kappa shape index (κ3) is 3.21. The van der Waals surface area contributed by atoms with Gasteiger partial charge in [-0.1, -0.05) is 0 Å². The van der Waals surface area contributed by atoms with Crippen molar-refractivity contribution >= 4 is 11.6 Å². The second-order valence-electron chi connectivity index (χ2n) is 3.63. The van der Waals surface area contributed by atoms with Crippen LogP contribution in [0.1, 0.15) is 11.1 Å². The molecule has 0 aromatic carbocycles. The molecular weight excluding hydrogens is 262 g/mol. The van der Waals surface area contributed by atoms with Crippen LogP contribution in [0.4, 0.5) is 20.4 Å². The van der Waals surface area contributed by atoms with Crippen LogP contribution in [-0.4, -0.2) is 9.97 Å². The van der Waals surface area contributed by atoms with Crippen molar-refractivity contribution in [3.05, 3.63) is 47.3 Å². The molecule has 0 unspecified atom stereocenters. The Bertz CT molecular complexity index is 712. The Hall–Kier alpha value is -3.12. The van der Waals surface area contributed by atoms with Crippen molar-refractivity contribution < 1.29 is 8.78 Å². The minimum Gasteiger partial charge on any atom is -0.383 e. The Morgan fingerprint density at radius 1 is 0.750 bits per heavy atom. The molecular formula is C14H8F2N4. The largest absolute Gasteiger partial charge is 0.383 e. The summed E-state index contributed by atoms with van der Waals surface area (Å²) in [7, 11) is 0. The van der Waals surface area contributed by atoms with Crippen LogP contribution in [0.2, 0.25) is 0 Å². The summed E-state index contributed by atoms with van der Waals surface area (Å²) in [4.78, 5) is 6.85. The van der Waals surface area contributed by atoms with Crippen LogP contribution in [0.15, 0.2) is 24.3 Å². The zero-order valence-corrected chi connectivity index (χ0v) is 10.1. The van der Waals surface area contributed by atoms with E-state index < -0.39 is 11.9 Å².